The Bertz CT molecular complexity index is 562. The number of hydrogen-bond acceptors (Lipinski definition) is 5. The van der Waals surface area contributed by atoms with Crippen molar-refractivity contribution in [3.8, 4) is 5.75 Å². The van der Waals surface area contributed by atoms with Gasteiger partial charge in [-0.3, -0.25) is 0 Å². The Kier molecular flexibility index (Phi) is 3.53. The molecule has 2 aromatic rings. The fourth-order valence-electron chi connectivity index (χ4n) is 1.57. The second kappa shape index (κ2) is 5.10. The largest absolute Gasteiger partial charge is 0.497 e. The first-order valence-electron chi connectivity index (χ1n) is 5.27. The summed E-state index contributed by atoms with van der Waals surface area (Å²) >= 11 is 5.78. The zero-order chi connectivity index (χ0) is 13.1. The van der Waals surface area contributed by atoms with Gasteiger partial charge in [-0.05, 0) is 23.7 Å². The van der Waals surface area contributed by atoms with Crippen molar-refractivity contribution >= 4 is 28.8 Å². The van der Waals surface area contributed by atoms with Crippen LogP contribution in [-0.4, -0.2) is 24.1 Å². The lowest BCUT2D eigenvalue weighted by atomic mass is 10.2. The molecule has 1 aromatic heterocycles. The summed E-state index contributed by atoms with van der Waals surface area (Å²) in [6.45, 7) is 0. The van der Waals surface area contributed by atoms with Crippen molar-refractivity contribution in [2.75, 3.05) is 24.8 Å². The van der Waals surface area contributed by atoms with Gasteiger partial charge >= 0.3 is 0 Å². The van der Waals surface area contributed by atoms with Crippen molar-refractivity contribution in [3.63, 3.8) is 0 Å². The minimum absolute atomic E-state index is 0.161. The van der Waals surface area contributed by atoms with Gasteiger partial charge in [-0.2, -0.15) is 4.98 Å². The van der Waals surface area contributed by atoms with E-state index in [1.165, 1.54) is 6.20 Å². The average Bonchev–Trinajstić information content (AvgIpc) is 2.41. The molecule has 0 saturated heterocycles. The van der Waals surface area contributed by atoms with Crippen LogP contribution in [0.2, 0.25) is 5.28 Å². The molecule has 2 rings (SSSR count). The van der Waals surface area contributed by atoms with E-state index in [-0.39, 0.29) is 5.28 Å². The van der Waals surface area contributed by atoms with Crippen molar-refractivity contribution in [3.05, 3.63) is 35.7 Å². The molecule has 0 radical (unpaired) electrons. The van der Waals surface area contributed by atoms with Gasteiger partial charge in [0.1, 0.15) is 5.75 Å². The third-order valence-electron chi connectivity index (χ3n) is 2.52. The molecule has 1 heterocycles. The summed E-state index contributed by atoms with van der Waals surface area (Å²) < 4.78 is 5.18. The third kappa shape index (κ3) is 2.46. The van der Waals surface area contributed by atoms with Crippen LogP contribution in [0.4, 0.5) is 17.2 Å². The van der Waals surface area contributed by atoms with E-state index in [9.17, 15) is 0 Å². The van der Waals surface area contributed by atoms with Gasteiger partial charge in [-0.1, -0.05) is 6.07 Å². The van der Waals surface area contributed by atoms with Gasteiger partial charge in [0.05, 0.1) is 19.0 Å². The predicted octanol–water partition coefficient (Wildman–Crippen LogP) is 2.49. The van der Waals surface area contributed by atoms with Crippen molar-refractivity contribution < 1.29 is 4.74 Å². The Labute approximate surface area is 110 Å². The van der Waals surface area contributed by atoms with Crippen LogP contribution in [0.3, 0.4) is 0 Å². The molecule has 0 aliphatic rings. The smallest absolute Gasteiger partial charge is 0.224 e. The number of anilines is 3. The molecule has 2 N–H and O–H groups in total. The molecule has 0 amide bonds. The monoisotopic (exact) mass is 264 g/mol. The molecular formula is C12H13ClN4O. The topological polar surface area (TPSA) is 64.3 Å². The summed E-state index contributed by atoms with van der Waals surface area (Å²) in [5.41, 5.74) is 7.20. The molecule has 0 aliphatic heterocycles. The fourth-order valence-corrected chi connectivity index (χ4v) is 1.70. The first-order valence-corrected chi connectivity index (χ1v) is 5.65. The predicted molar refractivity (Wildman–Crippen MR) is 72.5 cm³/mol. The quantitative estimate of drug-likeness (QED) is 0.863. The van der Waals surface area contributed by atoms with Gasteiger partial charge < -0.3 is 15.4 Å². The first kappa shape index (κ1) is 12.4. The highest BCUT2D eigenvalue weighted by Crippen LogP contribution is 2.29. The summed E-state index contributed by atoms with van der Waals surface area (Å²) in [7, 11) is 3.47. The van der Waals surface area contributed by atoms with Gasteiger partial charge in [0.15, 0.2) is 5.82 Å². The van der Waals surface area contributed by atoms with E-state index in [0.29, 0.717) is 11.5 Å². The number of ether oxygens (including phenoxy) is 1. The summed E-state index contributed by atoms with van der Waals surface area (Å²) in [6.07, 6.45) is 1.49. The molecule has 1 aromatic carbocycles. The molecule has 94 valence electrons. The van der Waals surface area contributed by atoms with Crippen LogP contribution in [0, 0.1) is 0 Å². The molecule has 0 saturated carbocycles. The van der Waals surface area contributed by atoms with Gasteiger partial charge in [0.2, 0.25) is 5.28 Å². The molecule has 0 bridgehead atoms. The minimum atomic E-state index is 0.161. The molecule has 0 spiro atoms. The van der Waals surface area contributed by atoms with E-state index in [4.69, 9.17) is 22.1 Å². The van der Waals surface area contributed by atoms with Crippen LogP contribution in [-0.2, 0) is 0 Å². The standard InChI is InChI=1S/C12H13ClN4O/c1-17(8-4-3-5-9(6-8)18-2)11-10(14)7-15-12(13)16-11/h3-7H,14H2,1-2H3. The minimum Gasteiger partial charge on any atom is -0.497 e. The second-order valence-electron chi connectivity index (χ2n) is 3.68. The van der Waals surface area contributed by atoms with E-state index < -0.39 is 0 Å². The molecule has 0 aliphatic carbocycles. The highest BCUT2D eigenvalue weighted by molar-refractivity contribution is 6.28. The van der Waals surface area contributed by atoms with Crippen LogP contribution in [0.25, 0.3) is 0 Å². The fraction of sp³-hybridized carbons (Fsp3) is 0.167. The Balaban J connectivity index is 2.40. The van der Waals surface area contributed by atoms with Crippen LogP contribution < -0.4 is 15.4 Å². The van der Waals surface area contributed by atoms with Crippen molar-refractivity contribution in [1.29, 1.82) is 0 Å². The van der Waals surface area contributed by atoms with E-state index in [1.807, 2.05) is 36.2 Å². The van der Waals surface area contributed by atoms with Gasteiger partial charge in [-0.25, -0.2) is 4.98 Å². The Hall–Kier alpha value is -2.01. The number of methoxy groups -OCH3 is 1. The molecule has 0 atom stereocenters. The SMILES string of the molecule is COc1cccc(N(C)c2nc(Cl)ncc2N)c1. The Morgan fingerprint density at radius 2 is 2.17 bits per heavy atom. The zero-order valence-corrected chi connectivity index (χ0v) is 10.8. The van der Waals surface area contributed by atoms with E-state index in [2.05, 4.69) is 9.97 Å². The molecule has 18 heavy (non-hydrogen) atoms. The van der Waals surface area contributed by atoms with Crippen LogP contribution in [0.5, 0.6) is 5.75 Å². The Morgan fingerprint density at radius 3 is 2.89 bits per heavy atom. The Morgan fingerprint density at radius 1 is 1.39 bits per heavy atom. The molecule has 0 fully saturated rings. The van der Waals surface area contributed by atoms with Crippen molar-refractivity contribution in [2.45, 2.75) is 0 Å². The number of nitrogen functional groups attached to an aromatic ring is 1. The number of aromatic nitrogens is 2. The zero-order valence-electron chi connectivity index (χ0n) is 10.1. The number of nitrogens with zero attached hydrogens (tertiary/aromatic N) is 3. The first-order chi connectivity index (χ1) is 8.61. The number of nitrogens with two attached hydrogens (primary N) is 1. The summed E-state index contributed by atoms with van der Waals surface area (Å²) in [4.78, 5) is 9.77. The van der Waals surface area contributed by atoms with Gasteiger partial charge in [-0.15, -0.1) is 0 Å². The highest BCUT2D eigenvalue weighted by atomic mass is 35.5. The molecule has 0 unspecified atom stereocenters. The van der Waals surface area contributed by atoms with Crippen molar-refractivity contribution in [2.24, 2.45) is 0 Å². The molecule has 6 heteroatoms. The molecular weight excluding hydrogens is 252 g/mol. The van der Waals surface area contributed by atoms with Crippen LogP contribution in [0.1, 0.15) is 0 Å². The van der Waals surface area contributed by atoms with Gasteiger partial charge in [0, 0.05) is 18.8 Å². The maximum absolute atomic E-state index is 5.84. The van der Waals surface area contributed by atoms with E-state index in [0.717, 1.165) is 11.4 Å². The van der Waals surface area contributed by atoms with Crippen molar-refractivity contribution in [1.82, 2.24) is 9.97 Å². The second-order valence-corrected chi connectivity index (χ2v) is 4.02. The average molecular weight is 265 g/mol. The van der Waals surface area contributed by atoms with Gasteiger partial charge in [0.25, 0.3) is 0 Å². The van der Waals surface area contributed by atoms with Crippen LogP contribution >= 0.6 is 11.6 Å². The molecule has 5 nitrogen and oxygen atoms in total. The summed E-state index contributed by atoms with van der Waals surface area (Å²) in [5.74, 6) is 1.32. The highest BCUT2D eigenvalue weighted by Gasteiger charge is 2.11. The van der Waals surface area contributed by atoms with E-state index in [1.54, 1.807) is 7.11 Å². The van der Waals surface area contributed by atoms with E-state index >= 15 is 0 Å². The number of hydrogen-bond donors (Lipinski definition) is 1. The number of rotatable bonds is 3. The lowest BCUT2D eigenvalue weighted by molar-refractivity contribution is 0.415. The summed E-state index contributed by atoms with van der Waals surface area (Å²) in [5, 5.41) is 0.161. The lowest BCUT2D eigenvalue weighted by Gasteiger charge is -2.20. The maximum atomic E-state index is 5.84. The lowest BCUT2D eigenvalue weighted by Crippen LogP contribution is -2.14. The third-order valence-corrected chi connectivity index (χ3v) is 2.71. The maximum Gasteiger partial charge on any atom is 0.224 e. The number of halogens is 1. The summed E-state index contributed by atoms with van der Waals surface area (Å²) in [6, 6.07) is 7.57. The number of benzene rings is 1. The van der Waals surface area contributed by atoms with Crippen LogP contribution in [0.15, 0.2) is 30.5 Å². The normalized spacial score (nSPS) is 10.2.